The van der Waals surface area contributed by atoms with E-state index in [-0.39, 0.29) is 25.8 Å². The van der Waals surface area contributed by atoms with E-state index in [1.165, 1.54) is 0 Å². The molecule has 46 valence electrons. The van der Waals surface area contributed by atoms with Crippen molar-refractivity contribution < 1.29 is 41.2 Å². The van der Waals surface area contributed by atoms with E-state index in [4.69, 9.17) is 15.3 Å². The van der Waals surface area contributed by atoms with Crippen LogP contribution in [-0.4, -0.2) is 36.6 Å². The SMILES string of the molecule is CO.CO.CO.[Hf]. The Bertz CT molecular complexity index is 10.1. The molecule has 0 unspecified atom stereocenters. The zero-order valence-corrected chi connectivity index (χ0v) is 8.43. The Hall–Kier alpha value is 0.750. The topological polar surface area (TPSA) is 60.7 Å². The smallest absolute Gasteiger partial charge is 0.0319 e. The van der Waals surface area contributed by atoms with Crippen LogP contribution >= 0.6 is 0 Å². The van der Waals surface area contributed by atoms with Gasteiger partial charge >= 0.3 is 0 Å². The summed E-state index contributed by atoms with van der Waals surface area (Å²) in [6.07, 6.45) is 0. The van der Waals surface area contributed by atoms with E-state index in [9.17, 15) is 0 Å². The number of aliphatic hydroxyl groups excluding tert-OH is 3. The fourth-order valence-corrected chi connectivity index (χ4v) is 0. The molecule has 0 radical (unpaired) electrons. The van der Waals surface area contributed by atoms with Gasteiger partial charge in [0.1, 0.15) is 0 Å². The first-order valence-electron chi connectivity index (χ1n) is 1.34. The van der Waals surface area contributed by atoms with Crippen LogP contribution in [0, 0.1) is 0 Å². The molecule has 0 aromatic heterocycles. The van der Waals surface area contributed by atoms with Crippen molar-refractivity contribution in [3.05, 3.63) is 0 Å². The van der Waals surface area contributed by atoms with Crippen LogP contribution in [0.1, 0.15) is 0 Å². The predicted molar refractivity (Wildman–Crippen MR) is 24.4 cm³/mol. The van der Waals surface area contributed by atoms with E-state index in [0.717, 1.165) is 21.3 Å². The number of hydrogen-bond acceptors (Lipinski definition) is 3. The summed E-state index contributed by atoms with van der Waals surface area (Å²) < 4.78 is 0. The van der Waals surface area contributed by atoms with E-state index >= 15 is 0 Å². The molecular formula is C3H12HfO3. The molecule has 0 aromatic carbocycles. The molecule has 0 saturated heterocycles. The first-order chi connectivity index (χ1) is 3.00. The van der Waals surface area contributed by atoms with Gasteiger partial charge in [-0.05, 0) is 0 Å². The second-order valence-corrected chi connectivity index (χ2v) is 0. The molecule has 0 atom stereocenters. The first-order valence-corrected chi connectivity index (χ1v) is 1.34. The fraction of sp³-hybridized carbons (Fsp3) is 1.00. The quantitative estimate of drug-likeness (QED) is 0.488. The molecule has 0 aliphatic carbocycles. The average Bonchev–Trinajstić information content (AvgIpc) is 1.81. The Morgan fingerprint density at radius 1 is 0.571 bits per heavy atom. The van der Waals surface area contributed by atoms with Gasteiger partial charge in [-0.1, -0.05) is 0 Å². The van der Waals surface area contributed by atoms with Crippen molar-refractivity contribution >= 4 is 0 Å². The molecule has 0 rings (SSSR count). The Balaban J connectivity index is -0.00000000900. The summed E-state index contributed by atoms with van der Waals surface area (Å²) >= 11 is 0. The van der Waals surface area contributed by atoms with E-state index in [1.807, 2.05) is 0 Å². The van der Waals surface area contributed by atoms with Gasteiger partial charge in [0, 0.05) is 47.2 Å². The molecule has 0 aromatic rings. The molecule has 3 nitrogen and oxygen atoms in total. The third-order valence-corrected chi connectivity index (χ3v) is 0. The summed E-state index contributed by atoms with van der Waals surface area (Å²) in [6, 6.07) is 0. The van der Waals surface area contributed by atoms with E-state index in [0.29, 0.717) is 0 Å². The molecule has 0 saturated carbocycles. The molecule has 0 aliphatic heterocycles. The van der Waals surface area contributed by atoms with Gasteiger partial charge in [0.2, 0.25) is 0 Å². The third kappa shape index (κ3) is 271. The number of rotatable bonds is 0. The van der Waals surface area contributed by atoms with Crippen LogP contribution in [-0.2, 0) is 25.8 Å². The van der Waals surface area contributed by atoms with Crippen molar-refractivity contribution in [1.82, 2.24) is 0 Å². The summed E-state index contributed by atoms with van der Waals surface area (Å²) in [4.78, 5) is 0. The third-order valence-electron chi connectivity index (χ3n) is 0. The van der Waals surface area contributed by atoms with Gasteiger partial charge in [-0.2, -0.15) is 0 Å². The average molecular weight is 275 g/mol. The summed E-state index contributed by atoms with van der Waals surface area (Å²) in [5, 5.41) is 21.0. The number of aliphatic hydroxyl groups is 3. The standard InChI is InChI=1S/3CH4O.Hf/c3*1-2;/h3*2H,1H3;. The van der Waals surface area contributed by atoms with E-state index in [1.54, 1.807) is 0 Å². The van der Waals surface area contributed by atoms with Crippen LogP contribution in [0.2, 0.25) is 0 Å². The van der Waals surface area contributed by atoms with Gasteiger partial charge in [-0.25, -0.2) is 0 Å². The van der Waals surface area contributed by atoms with Crippen molar-refractivity contribution in [1.29, 1.82) is 0 Å². The van der Waals surface area contributed by atoms with Crippen molar-refractivity contribution in [3.8, 4) is 0 Å². The molecule has 0 aliphatic rings. The first kappa shape index (κ1) is 25.1. The Morgan fingerprint density at radius 3 is 0.571 bits per heavy atom. The van der Waals surface area contributed by atoms with Crippen LogP contribution in [0.3, 0.4) is 0 Å². The summed E-state index contributed by atoms with van der Waals surface area (Å²) in [7, 11) is 3.00. The van der Waals surface area contributed by atoms with Gasteiger partial charge in [-0.15, -0.1) is 0 Å². The van der Waals surface area contributed by atoms with Crippen molar-refractivity contribution in [3.63, 3.8) is 0 Å². The van der Waals surface area contributed by atoms with Gasteiger partial charge in [-0.3, -0.25) is 0 Å². The van der Waals surface area contributed by atoms with Gasteiger partial charge < -0.3 is 15.3 Å². The molecule has 0 bridgehead atoms. The minimum absolute atomic E-state index is 0. The zero-order valence-electron chi connectivity index (χ0n) is 4.84. The summed E-state index contributed by atoms with van der Waals surface area (Å²) in [5.41, 5.74) is 0. The second-order valence-electron chi connectivity index (χ2n) is 0. The zero-order chi connectivity index (χ0) is 6.00. The molecule has 3 N–H and O–H groups in total. The summed E-state index contributed by atoms with van der Waals surface area (Å²) in [6.45, 7) is 0. The van der Waals surface area contributed by atoms with Gasteiger partial charge in [0.15, 0.2) is 0 Å². The van der Waals surface area contributed by atoms with Gasteiger partial charge in [0.05, 0.1) is 0 Å². The molecule has 7 heavy (non-hydrogen) atoms. The minimum atomic E-state index is 0. The van der Waals surface area contributed by atoms with E-state index < -0.39 is 0 Å². The van der Waals surface area contributed by atoms with Gasteiger partial charge in [0.25, 0.3) is 0 Å². The Labute approximate surface area is 62.8 Å². The van der Waals surface area contributed by atoms with Crippen molar-refractivity contribution in [2.45, 2.75) is 0 Å². The monoisotopic (exact) mass is 276 g/mol. The molecular weight excluding hydrogens is 263 g/mol. The normalized spacial score (nSPS) is 2.57. The molecule has 0 spiro atoms. The Kier molecular flexibility index (Phi) is 1420. The minimum Gasteiger partial charge on any atom is -0.400 e. The van der Waals surface area contributed by atoms with Crippen LogP contribution in [0.25, 0.3) is 0 Å². The Morgan fingerprint density at radius 2 is 0.571 bits per heavy atom. The van der Waals surface area contributed by atoms with E-state index in [2.05, 4.69) is 0 Å². The maximum atomic E-state index is 7.00. The molecule has 4 heteroatoms. The molecule has 0 amide bonds. The van der Waals surface area contributed by atoms with Crippen LogP contribution in [0.4, 0.5) is 0 Å². The summed E-state index contributed by atoms with van der Waals surface area (Å²) in [5.74, 6) is 0. The maximum absolute atomic E-state index is 7.00. The fourth-order valence-electron chi connectivity index (χ4n) is 0. The van der Waals surface area contributed by atoms with Crippen LogP contribution in [0.5, 0.6) is 0 Å². The second kappa shape index (κ2) is 397. The predicted octanol–water partition coefficient (Wildman–Crippen LogP) is -1.18. The van der Waals surface area contributed by atoms with Crippen LogP contribution in [0.15, 0.2) is 0 Å². The largest absolute Gasteiger partial charge is 0.400 e. The molecule has 0 fully saturated rings. The number of hydrogen-bond donors (Lipinski definition) is 3. The van der Waals surface area contributed by atoms with Crippen LogP contribution < -0.4 is 0 Å². The molecule has 0 heterocycles. The maximum Gasteiger partial charge on any atom is 0.0319 e. The van der Waals surface area contributed by atoms with Crippen molar-refractivity contribution in [2.24, 2.45) is 0 Å². The van der Waals surface area contributed by atoms with Crippen molar-refractivity contribution in [2.75, 3.05) is 21.3 Å².